The van der Waals surface area contributed by atoms with Crippen molar-refractivity contribution in [2.75, 3.05) is 12.0 Å². The molecule has 122 valence electrons. The first-order chi connectivity index (χ1) is 11.5. The molecule has 3 nitrogen and oxygen atoms in total. The summed E-state index contributed by atoms with van der Waals surface area (Å²) in [6.07, 6.45) is 1.67. The van der Waals surface area contributed by atoms with E-state index < -0.39 is 0 Å². The van der Waals surface area contributed by atoms with Gasteiger partial charge in [-0.3, -0.25) is 9.69 Å². The van der Waals surface area contributed by atoms with Crippen molar-refractivity contribution in [3.63, 3.8) is 0 Å². The minimum Gasteiger partial charge on any atom is -0.495 e. The highest BCUT2D eigenvalue weighted by Gasteiger charge is 2.35. The molecule has 0 radical (unpaired) electrons. The average Bonchev–Trinajstić information content (AvgIpc) is 2.85. The van der Waals surface area contributed by atoms with Gasteiger partial charge in [0.1, 0.15) is 5.75 Å². The molecule has 1 aliphatic heterocycles. The van der Waals surface area contributed by atoms with Crippen molar-refractivity contribution in [2.24, 2.45) is 0 Å². The number of benzene rings is 2. The number of halogens is 2. The summed E-state index contributed by atoms with van der Waals surface area (Å²) >= 11 is 18.9. The maximum Gasteiger partial charge on any atom is 0.270 e. The predicted molar refractivity (Wildman–Crippen MR) is 105 cm³/mol. The molecule has 1 fully saturated rings. The third kappa shape index (κ3) is 3.17. The molecule has 1 amide bonds. The topological polar surface area (TPSA) is 29.5 Å². The van der Waals surface area contributed by atoms with Crippen molar-refractivity contribution in [1.29, 1.82) is 0 Å². The zero-order valence-electron chi connectivity index (χ0n) is 12.5. The van der Waals surface area contributed by atoms with Gasteiger partial charge < -0.3 is 4.74 Å². The maximum absolute atomic E-state index is 12.8. The van der Waals surface area contributed by atoms with Crippen LogP contribution in [0.2, 0.25) is 10.0 Å². The molecule has 1 heterocycles. The second-order valence-corrected chi connectivity index (χ2v) is 7.31. The molecule has 7 heteroatoms. The number of thiocarbonyl (C=S) groups is 1. The number of ether oxygens (including phenoxy) is 1. The fourth-order valence-corrected chi connectivity index (χ4v) is 4.04. The van der Waals surface area contributed by atoms with Crippen molar-refractivity contribution in [2.45, 2.75) is 0 Å². The summed E-state index contributed by atoms with van der Waals surface area (Å²) in [5, 5.41) is 0.954. The minimum atomic E-state index is -0.231. The normalized spacial score (nSPS) is 16.1. The van der Waals surface area contributed by atoms with Crippen LogP contribution in [-0.4, -0.2) is 17.3 Å². The van der Waals surface area contributed by atoms with Gasteiger partial charge in [-0.15, -0.1) is 0 Å². The zero-order valence-corrected chi connectivity index (χ0v) is 15.6. The number of carbonyl (C=O) groups excluding carboxylic acids is 1. The standard InChI is InChI=1S/C17H11Cl2NO2S2/c1-22-14-8-3-2-7-13(14)20-16(21)15(24-17(20)23)9-10-11(18)5-4-6-12(10)19/h2-9H,1H3/b15-9-. The summed E-state index contributed by atoms with van der Waals surface area (Å²) in [5.41, 5.74) is 1.21. The van der Waals surface area contributed by atoms with Crippen LogP contribution < -0.4 is 9.64 Å². The van der Waals surface area contributed by atoms with E-state index in [1.165, 1.54) is 16.7 Å². The van der Waals surface area contributed by atoms with Gasteiger partial charge in [0.25, 0.3) is 5.91 Å². The van der Waals surface area contributed by atoms with Gasteiger partial charge in [-0.05, 0) is 30.3 Å². The number of hydrogen-bond acceptors (Lipinski definition) is 4. The van der Waals surface area contributed by atoms with E-state index in [2.05, 4.69) is 0 Å². The van der Waals surface area contributed by atoms with Crippen LogP contribution in [0.4, 0.5) is 5.69 Å². The second kappa shape index (κ2) is 7.15. The number of nitrogens with zero attached hydrogens (tertiary/aromatic N) is 1. The largest absolute Gasteiger partial charge is 0.495 e. The quantitative estimate of drug-likeness (QED) is 0.513. The first kappa shape index (κ1) is 17.3. The van der Waals surface area contributed by atoms with Gasteiger partial charge in [0, 0.05) is 15.6 Å². The minimum absolute atomic E-state index is 0.231. The molecule has 24 heavy (non-hydrogen) atoms. The predicted octanol–water partition coefficient (Wildman–Crippen LogP) is 5.41. The SMILES string of the molecule is COc1ccccc1N1C(=O)/C(=C/c2c(Cl)cccc2Cl)SC1=S. The van der Waals surface area contributed by atoms with Crippen LogP contribution in [0, 0.1) is 0 Å². The van der Waals surface area contributed by atoms with Crippen LogP contribution in [0.15, 0.2) is 47.4 Å². The van der Waals surface area contributed by atoms with Gasteiger partial charge in [0.2, 0.25) is 0 Å². The van der Waals surface area contributed by atoms with Crippen LogP contribution in [-0.2, 0) is 4.79 Å². The molecular formula is C17H11Cl2NO2S2. The second-order valence-electron chi connectivity index (χ2n) is 4.82. The fraction of sp³-hybridized carbons (Fsp3) is 0.0588. The van der Waals surface area contributed by atoms with Gasteiger partial charge >= 0.3 is 0 Å². The fourth-order valence-electron chi connectivity index (χ4n) is 2.27. The van der Waals surface area contributed by atoms with Crippen molar-refractivity contribution in [1.82, 2.24) is 0 Å². The Balaban J connectivity index is 2.02. The number of carbonyl (C=O) groups is 1. The third-order valence-corrected chi connectivity index (χ3v) is 5.36. The molecule has 0 bridgehead atoms. The smallest absolute Gasteiger partial charge is 0.270 e. The number of anilines is 1. The molecule has 0 spiro atoms. The highest BCUT2D eigenvalue weighted by atomic mass is 35.5. The summed E-state index contributed by atoms with van der Waals surface area (Å²) < 4.78 is 5.75. The van der Waals surface area contributed by atoms with Gasteiger partial charge in [0.15, 0.2) is 4.32 Å². The van der Waals surface area contributed by atoms with Crippen LogP contribution in [0.1, 0.15) is 5.56 Å². The lowest BCUT2D eigenvalue weighted by Crippen LogP contribution is -2.27. The van der Waals surface area contributed by atoms with Gasteiger partial charge in [-0.2, -0.15) is 0 Å². The monoisotopic (exact) mass is 395 g/mol. The Kier molecular flexibility index (Phi) is 5.15. The summed E-state index contributed by atoms with van der Waals surface area (Å²) in [4.78, 5) is 14.7. The molecule has 0 atom stereocenters. The molecule has 2 aromatic carbocycles. The van der Waals surface area contributed by atoms with E-state index in [1.807, 2.05) is 12.1 Å². The van der Waals surface area contributed by atoms with E-state index in [4.69, 9.17) is 40.2 Å². The van der Waals surface area contributed by atoms with Crippen molar-refractivity contribution in [3.8, 4) is 5.75 Å². The Hall–Kier alpha value is -1.53. The zero-order chi connectivity index (χ0) is 17.3. The molecule has 0 aromatic heterocycles. The van der Waals surface area contributed by atoms with E-state index >= 15 is 0 Å². The first-order valence-corrected chi connectivity index (χ1v) is 8.86. The van der Waals surface area contributed by atoms with Crippen molar-refractivity contribution < 1.29 is 9.53 Å². The number of para-hydroxylation sites is 2. The summed E-state index contributed by atoms with van der Waals surface area (Å²) in [7, 11) is 1.55. The van der Waals surface area contributed by atoms with E-state index in [0.29, 0.717) is 36.3 Å². The lowest BCUT2D eigenvalue weighted by atomic mass is 10.2. The van der Waals surface area contributed by atoms with E-state index in [1.54, 1.807) is 43.5 Å². The lowest BCUT2D eigenvalue weighted by molar-refractivity contribution is -0.113. The number of hydrogen-bond donors (Lipinski definition) is 0. The Labute approximate surface area is 159 Å². The third-order valence-electron chi connectivity index (χ3n) is 3.39. The molecular weight excluding hydrogens is 385 g/mol. The van der Waals surface area contributed by atoms with E-state index in [0.717, 1.165) is 0 Å². The molecule has 2 aromatic rings. The molecule has 0 saturated carbocycles. The number of methoxy groups -OCH3 is 1. The first-order valence-electron chi connectivity index (χ1n) is 6.88. The molecule has 0 N–H and O–H groups in total. The number of rotatable bonds is 3. The van der Waals surface area contributed by atoms with Crippen molar-refractivity contribution in [3.05, 3.63) is 63.0 Å². The van der Waals surface area contributed by atoms with E-state index in [-0.39, 0.29) is 5.91 Å². The van der Waals surface area contributed by atoms with Crippen LogP contribution in [0.5, 0.6) is 5.75 Å². The maximum atomic E-state index is 12.8. The van der Waals surface area contributed by atoms with Crippen LogP contribution in [0.3, 0.4) is 0 Å². The summed E-state index contributed by atoms with van der Waals surface area (Å²) in [6.45, 7) is 0. The molecule has 0 aliphatic carbocycles. The van der Waals surface area contributed by atoms with E-state index in [9.17, 15) is 4.79 Å². The number of amides is 1. The Bertz CT molecular complexity index is 847. The molecule has 3 rings (SSSR count). The molecule has 1 saturated heterocycles. The van der Waals surface area contributed by atoms with Crippen LogP contribution in [0.25, 0.3) is 6.08 Å². The highest BCUT2D eigenvalue weighted by molar-refractivity contribution is 8.27. The molecule has 1 aliphatic rings. The Morgan fingerprint density at radius 3 is 2.46 bits per heavy atom. The lowest BCUT2D eigenvalue weighted by Gasteiger charge is -2.17. The van der Waals surface area contributed by atoms with Crippen LogP contribution >= 0.6 is 47.2 Å². The molecule has 0 unspecified atom stereocenters. The highest BCUT2D eigenvalue weighted by Crippen LogP contribution is 2.40. The summed E-state index contributed by atoms with van der Waals surface area (Å²) in [5.74, 6) is 0.344. The van der Waals surface area contributed by atoms with Gasteiger partial charge in [-0.1, -0.05) is 65.4 Å². The van der Waals surface area contributed by atoms with Crippen molar-refractivity contribution >= 4 is 69.2 Å². The number of thioether (sulfide) groups is 1. The Morgan fingerprint density at radius 1 is 1.12 bits per heavy atom. The van der Waals surface area contributed by atoms with Gasteiger partial charge in [0.05, 0.1) is 17.7 Å². The average molecular weight is 396 g/mol. The summed E-state index contributed by atoms with van der Waals surface area (Å²) in [6, 6.07) is 12.4. The Morgan fingerprint density at radius 2 is 1.79 bits per heavy atom. The van der Waals surface area contributed by atoms with Gasteiger partial charge in [-0.25, -0.2) is 0 Å².